The zero-order valence-electron chi connectivity index (χ0n) is 13.4. The van der Waals surface area contributed by atoms with E-state index in [4.69, 9.17) is 11.6 Å². The highest BCUT2D eigenvalue weighted by molar-refractivity contribution is 6.31. The monoisotopic (exact) mass is 355 g/mol. The molecule has 0 saturated carbocycles. The Hall–Kier alpha value is -2.92. The van der Waals surface area contributed by atoms with Gasteiger partial charge < -0.3 is 10.6 Å². The van der Waals surface area contributed by atoms with E-state index in [0.717, 1.165) is 11.3 Å². The molecule has 0 aliphatic heterocycles. The first-order chi connectivity index (χ1) is 12.0. The van der Waals surface area contributed by atoms with Crippen LogP contribution in [0.4, 0.5) is 21.6 Å². The fourth-order valence-corrected chi connectivity index (χ4v) is 2.43. The van der Waals surface area contributed by atoms with Crippen LogP contribution in [0.15, 0.2) is 60.8 Å². The molecule has 0 fully saturated rings. The van der Waals surface area contributed by atoms with Crippen molar-refractivity contribution < 1.29 is 9.18 Å². The summed E-state index contributed by atoms with van der Waals surface area (Å²) >= 11 is 6.11. The van der Waals surface area contributed by atoms with Crippen molar-refractivity contribution in [2.75, 3.05) is 10.6 Å². The molecule has 0 aliphatic rings. The first-order valence-electron chi connectivity index (χ1n) is 7.58. The third-order valence-electron chi connectivity index (χ3n) is 3.65. The second-order valence-electron chi connectivity index (χ2n) is 5.43. The summed E-state index contributed by atoms with van der Waals surface area (Å²) in [4.78, 5) is 16.6. The Morgan fingerprint density at radius 2 is 1.88 bits per heavy atom. The van der Waals surface area contributed by atoms with Crippen LogP contribution < -0.4 is 10.6 Å². The van der Waals surface area contributed by atoms with E-state index in [9.17, 15) is 9.18 Å². The van der Waals surface area contributed by atoms with Gasteiger partial charge in [-0.3, -0.25) is 4.79 Å². The van der Waals surface area contributed by atoms with Gasteiger partial charge in [0.2, 0.25) is 0 Å². The van der Waals surface area contributed by atoms with Gasteiger partial charge in [0.05, 0.1) is 0 Å². The van der Waals surface area contributed by atoms with E-state index in [2.05, 4.69) is 15.6 Å². The fourth-order valence-electron chi connectivity index (χ4n) is 2.26. The molecule has 0 saturated heterocycles. The molecule has 0 aliphatic carbocycles. The zero-order valence-corrected chi connectivity index (χ0v) is 14.1. The van der Waals surface area contributed by atoms with Crippen molar-refractivity contribution in [3.63, 3.8) is 0 Å². The number of aromatic nitrogens is 1. The molecule has 1 aromatic heterocycles. The van der Waals surface area contributed by atoms with Crippen LogP contribution in [0, 0.1) is 12.7 Å². The predicted molar refractivity (Wildman–Crippen MR) is 98.1 cm³/mol. The maximum Gasteiger partial charge on any atom is 0.255 e. The third kappa shape index (κ3) is 4.14. The van der Waals surface area contributed by atoms with E-state index >= 15 is 0 Å². The van der Waals surface area contributed by atoms with Gasteiger partial charge in [-0.15, -0.1) is 0 Å². The van der Waals surface area contributed by atoms with Crippen LogP contribution in [-0.4, -0.2) is 10.9 Å². The van der Waals surface area contributed by atoms with Crippen LogP contribution in [0.5, 0.6) is 0 Å². The molecule has 0 spiro atoms. The number of benzene rings is 2. The molecule has 6 heteroatoms. The SMILES string of the molecule is Cc1c(Cl)cccc1Nc1cc(C(=O)Nc2ccc(F)cc2)ccn1. The Bertz CT molecular complexity index is 913. The van der Waals surface area contributed by atoms with Gasteiger partial charge in [0.25, 0.3) is 5.91 Å². The summed E-state index contributed by atoms with van der Waals surface area (Å²) in [5, 5.41) is 6.52. The van der Waals surface area contributed by atoms with Crippen LogP contribution in [0.1, 0.15) is 15.9 Å². The number of anilines is 3. The van der Waals surface area contributed by atoms with Crippen molar-refractivity contribution in [3.8, 4) is 0 Å². The highest BCUT2D eigenvalue weighted by Crippen LogP contribution is 2.25. The summed E-state index contributed by atoms with van der Waals surface area (Å²) in [6.07, 6.45) is 1.54. The standard InChI is InChI=1S/C19H15ClFN3O/c1-12-16(20)3-2-4-17(12)24-18-11-13(9-10-22-18)19(25)23-15-7-5-14(21)6-8-15/h2-11H,1H3,(H,22,24)(H,23,25). The number of nitrogens with one attached hydrogen (secondary N) is 2. The molecule has 25 heavy (non-hydrogen) atoms. The minimum absolute atomic E-state index is 0.306. The summed E-state index contributed by atoms with van der Waals surface area (Å²) in [6, 6.07) is 14.4. The number of hydrogen-bond acceptors (Lipinski definition) is 3. The van der Waals surface area contributed by atoms with Gasteiger partial charge in [-0.05, 0) is 61.0 Å². The molecular formula is C19H15ClFN3O. The van der Waals surface area contributed by atoms with Gasteiger partial charge in [0.15, 0.2) is 0 Å². The second-order valence-corrected chi connectivity index (χ2v) is 5.84. The smallest absolute Gasteiger partial charge is 0.255 e. The molecule has 126 valence electrons. The molecule has 0 radical (unpaired) electrons. The van der Waals surface area contributed by atoms with Crippen molar-refractivity contribution in [1.82, 2.24) is 4.98 Å². The largest absolute Gasteiger partial charge is 0.340 e. The molecule has 0 unspecified atom stereocenters. The maximum atomic E-state index is 12.9. The van der Waals surface area contributed by atoms with Gasteiger partial charge >= 0.3 is 0 Å². The summed E-state index contributed by atoms with van der Waals surface area (Å²) in [5.74, 6) is -0.137. The van der Waals surface area contributed by atoms with E-state index in [0.29, 0.717) is 22.1 Å². The quantitative estimate of drug-likeness (QED) is 0.678. The Morgan fingerprint density at radius 1 is 1.12 bits per heavy atom. The van der Waals surface area contributed by atoms with E-state index < -0.39 is 0 Å². The Labute approximate surface area is 149 Å². The van der Waals surface area contributed by atoms with Gasteiger partial charge in [-0.25, -0.2) is 9.37 Å². The normalized spacial score (nSPS) is 10.4. The molecule has 0 atom stereocenters. The lowest BCUT2D eigenvalue weighted by Crippen LogP contribution is -2.12. The molecule has 0 bridgehead atoms. The first kappa shape index (κ1) is 16.9. The average molecular weight is 356 g/mol. The lowest BCUT2D eigenvalue weighted by atomic mass is 10.2. The van der Waals surface area contributed by atoms with E-state index in [-0.39, 0.29) is 11.7 Å². The number of pyridine rings is 1. The summed E-state index contributed by atoms with van der Waals surface area (Å²) in [5.41, 5.74) is 2.66. The number of rotatable bonds is 4. The Kier molecular flexibility index (Phi) is 4.95. The minimum atomic E-state index is -0.356. The Balaban J connectivity index is 1.77. The number of nitrogens with zero attached hydrogens (tertiary/aromatic N) is 1. The van der Waals surface area contributed by atoms with Crippen LogP contribution in [0.3, 0.4) is 0 Å². The summed E-state index contributed by atoms with van der Waals surface area (Å²) in [6.45, 7) is 1.90. The minimum Gasteiger partial charge on any atom is -0.340 e. The molecule has 1 amide bonds. The topological polar surface area (TPSA) is 54.0 Å². The first-order valence-corrected chi connectivity index (χ1v) is 7.96. The van der Waals surface area contributed by atoms with Crippen LogP contribution >= 0.6 is 11.6 Å². The van der Waals surface area contributed by atoms with Crippen LogP contribution in [-0.2, 0) is 0 Å². The number of carbonyl (C=O) groups excluding carboxylic acids is 1. The highest BCUT2D eigenvalue weighted by Gasteiger charge is 2.09. The van der Waals surface area contributed by atoms with Gasteiger partial charge in [0.1, 0.15) is 11.6 Å². The van der Waals surface area contributed by atoms with Crippen molar-refractivity contribution in [1.29, 1.82) is 0 Å². The average Bonchev–Trinajstić information content (AvgIpc) is 2.61. The van der Waals surface area contributed by atoms with Crippen molar-refractivity contribution in [2.45, 2.75) is 6.92 Å². The number of halogens is 2. The van der Waals surface area contributed by atoms with Crippen molar-refractivity contribution in [2.24, 2.45) is 0 Å². The van der Waals surface area contributed by atoms with E-state index in [1.54, 1.807) is 18.3 Å². The van der Waals surface area contributed by atoms with E-state index in [1.807, 2.05) is 25.1 Å². The molecule has 1 heterocycles. The summed E-state index contributed by atoms with van der Waals surface area (Å²) < 4.78 is 12.9. The van der Waals surface area contributed by atoms with Crippen LogP contribution in [0.25, 0.3) is 0 Å². The summed E-state index contributed by atoms with van der Waals surface area (Å²) in [7, 11) is 0. The number of hydrogen-bond donors (Lipinski definition) is 2. The van der Waals surface area contributed by atoms with Gasteiger partial charge in [0, 0.05) is 28.2 Å². The lowest BCUT2D eigenvalue weighted by Gasteiger charge is -2.11. The molecule has 2 N–H and O–H groups in total. The molecule has 2 aromatic carbocycles. The van der Waals surface area contributed by atoms with Crippen molar-refractivity contribution >= 4 is 34.7 Å². The third-order valence-corrected chi connectivity index (χ3v) is 4.06. The Morgan fingerprint density at radius 3 is 2.64 bits per heavy atom. The van der Waals surface area contributed by atoms with Gasteiger partial charge in [-0.2, -0.15) is 0 Å². The number of carbonyl (C=O) groups is 1. The molecular weight excluding hydrogens is 341 g/mol. The van der Waals surface area contributed by atoms with Crippen molar-refractivity contribution in [3.05, 3.63) is 82.8 Å². The zero-order chi connectivity index (χ0) is 17.8. The number of amides is 1. The lowest BCUT2D eigenvalue weighted by molar-refractivity contribution is 0.102. The van der Waals surface area contributed by atoms with Gasteiger partial charge in [-0.1, -0.05) is 17.7 Å². The highest BCUT2D eigenvalue weighted by atomic mass is 35.5. The molecule has 3 rings (SSSR count). The van der Waals surface area contributed by atoms with E-state index in [1.165, 1.54) is 24.3 Å². The molecule has 3 aromatic rings. The predicted octanol–water partition coefficient (Wildman–Crippen LogP) is 5.18. The second kappa shape index (κ2) is 7.32. The maximum absolute atomic E-state index is 12.9. The van der Waals surface area contributed by atoms with Crippen LogP contribution in [0.2, 0.25) is 5.02 Å². The fraction of sp³-hybridized carbons (Fsp3) is 0.0526. The molecule has 4 nitrogen and oxygen atoms in total.